The summed E-state index contributed by atoms with van der Waals surface area (Å²) in [6.45, 7) is 3.28. The molecule has 0 saturated heterocycles. The van der Waals surface area contributed by atoms with E-state index in [4.69, 9.17) is 4.42 Å². The SMILES string of the molecule is CC(CCc1ccccc1)Cc1ccc(CCCN(C)c2nc3ccccc3o2)cc1. The number of oxazole rings is 1. The van der Waals surface area contributed by atoms with Crippen molar-refractivity contribution in [2.45, 2.75) is 39.0 Å². The molecule has 4 rings (SSSR count). The van der Waals surface area contributed by atoms with Crippen LogP contribution in [-0.4, -0.2) is 18.6 Å². The Morgan fingerprint density at radius 2 is 1.48 bits per heavy atom. The van der Waals surface area contributed by atoms with Crippen LogP contribution in [0.2, 0.25) is 0 Å². The third-order valence-corrected chi connectivity index (χ3v) is 5.94. The number of fused-ring (bicyclic) bond motifs is 1. The van der Waals surface area contributed by atoms with E-state index < -0.39 is 0 Å². The number of hydrogen-bond donors (Lipinski definition) is 0. The number of aryl methyl sites for hydroxylation is 2. The summed E-state index contributed by atoms with van der Waals surface area (Å²) in [6.07, 6.45) is 5.67. The van der Waals surface area contributed by atoms with E-state index in [1.807, 2.05) is 31.3 Å². The van der Waals surface area contributed by atoms with E-state index in [1.165, 1.54) is 23.1 Å². The number of benzene rings is 3. The van der Waals surface area contributed by atoms with E-state index >= 15 is 0 Å². The number of hydrogen-bond acceptors (Lipinski definition) is 3. The number of nitrogens with zero attached hydrogens (tertiary/aromatic N) is 2. The average molecular weight is 413 g/mol. The standard InChI is InChI=1S/C28H32N2O/c1-22(14-15-23-9-4-3-5-10-23)21-25-18-16-24(17-19-25)11-8-20-30(2)28-29-26-12-6-7-13-27(26)31-28/h3-7,9-10,12-13,16-19,22H,8,11,14-15,20-21H2,1-2H3. The summed E-state index contributed by atoms with van der Waals surface area (Å²) >= 11 is 0. The second-order valence-electron chi connectivity index (χ2n) is 8.64. The van der Waals surface area contributed by atoms with Gasteiger partial charge < -0.3 is 9.32 Å². The molecule has 4 aromatic rings. The quantitative estimate of drug-likeness (QED) is 0.290. The molecule has 3 aromatic carbocycles. The van der Waals surface area contributed by atoms with Gasteiger partial charge >= 0.3 is 0 Å². The molecule has 0 aliphatic rings. The second-order valence-corrected chi connectivity index (χ2v) is 8.64. The minimum Gasteiger partial charge on any atom is -0.423 e. The fraction of sp³-hybridized carbons (Fsp3) is 0.321. The zero-order valence-electron chi connectivity index (χ0n) is 18.6. The van der Waals surface area contributed by atoms with Crippen LogP contribution in [0, 0.1) is 5.92 Å². The largest absolute Gasteiger partial charge is 0.423 e. The van der Waals surface area contributed by atoms with E-state index in [-0.39, 0.29) is 0 Å². The van der Waals surface area contributed by atoms with Gasteiger partial charge in [0.1, 0.15) is 5.52 Å². The lowest BCUT2D eigenvalue weighted by atomic mass is 9.94. The Labute approximate surface area is 185 Å². The van der Waals surface area contributed by atoms with Gasteiger partial charge in [0, 0.05) is 13.6 Å². The summed E-state index contributed by atoms with van der Waals surface area (Å²) in [5.74, 6) is 0.691. The van der Waals surface area contributed by atoms with Gasteiger partial charge in [-0.25, -0.2) is 0 Å². The van der Waals surface area contributed by atoms with E-state index in [0.717, 1.165) is 43.3 Å². The van der Waals surface area contributed by atoms with Crippen molar-refractivity contribution in [2.24, 2.45) is 5.92 Å². The van der Waals surface area contributed by atoms with Gasteiger partial charge in [0.05, 0.1) is 0 Å². The monoisotopic (exact) mass is 412 g/mol. The van der Waals surface area contributed by atoms with Crippen LogP contribution in [0.4, 0.5) is 6.01 Å². The first-order valence-electron chi connectivity index (χ1n) is 11.4. The Morgan fingerprint density at radius 1 is 0.806 bits per heavy atom. The molecule has 1 aromatic heterocycles. The molecular weight excluding hydrogens is 380 g/mol. The fourth-order valence-electron chi connectivity index (χ4n) is 4.04. The predicted molar refractivity (Wildman–Crippen MR) is 130 cm³/mol. The molecule has 0 bridgehead atoms. The molecule has 0 fully saturated rings. The van der Waals surface area contributed by atoms with Gasteiger partial charge in [-0.05, 0) is 66.8 Å². The molecule has 0 aliphatic carbocycles. The Kier molecular flexibility index (Phi) is 7.03. The lowest BCUT2D eigenvalue weighted by molar-refractivity contribution is 0.530. The maximum Gasteiger partial charge on any atom is 0.298 e. The van der Waals surface area contributed by atoms with Gasteiger partial charge in [0.25, 0.3) is 6.01 Å². The zero-order valence-corrected chi connectivity index (χ0v) is 18.6. The summed E-state index contributed by atoms with van der Waals surface area (Å²) in [5.41, 5.74) is 6.03. The van der Waals surface area contributed by atoms with Gasteiger partial charge in [0.2, 0.25) is 0 Å². The summed E-state index contributed by atoms with van der Waals surface area (Å²) in [7, 11) is 2.05. The molecule has 1 atom stereocenters. The van der Waals surface area contributed by atoms with Crippen LogP contribution in [-0.2, 0) is 19.3 Å². The number of aromatic nitrogens is 1. The highest BCUT2D eigenvalue weighted by molar-refractivity contribution is 5.74. The van der Waals surface area contributed by atoms with Gasteiger partial charge in [-0.15, -0.1) is 0 Å². The molecule has 3 nitrogen and oxygen atoms in total. The molecule has 3 heteroatoms. The topological polar surface area (TPSA) is 29.3 Å². The minimum atomic E-state index is 0.691. The van der Waals surface area contributed by atoms with Crippen LogP contribution in [0.3, 0.4) is 0 Å². The van der Waals surface area contributed by atoms with E-state index in [2.05, 4.69) is 71.4 Å². The Hall–Kier alpha value is -3.07. The van der Waals surface area contributed by atoms with Crippen molar-refractivity contribution in [3.05, 3.63) is 95.6 Å². The maximum atomic E-state index is 5.85. The summed E-state index contributed by atoms with van der Waals surface area (Å²) < 4.78 is 5.85. The van der Waals surface area contributed by atoms with Crippen molar-refractivity contribution in [2.75, 3.05) is 18.5 Å². The molecule has 31 heavy (non-hydrogen) atoms. The number of para-hydroxylation sites is 2. The first kappa shape index (κ1) is 21.2. The molecule has 0 spiro atoms. The van der Waals surface area contributed by atoms with E-state index in [9.17, 15) is 0 Å². The normalized spacial score (nSPS) is 12.2. The van der Waals surface area contributed by atoms with Crippen molar-refractivity contribution >= 4 is 17.1 Å². The average Bonchev–Trinajstić information content (AvgIpc) is 3.24. The van der Waals surface area contributed by atoms with Crippen molar-refractivity contribution in [1.82, 2.24) is 4.98 Å². The van der Waals surface area contributed by atoms with Crippen LogP contribution in [0.25, 0.3) is 11.1 Å². The smallest absolute Gasteiger partial charge is 0.298 e. The Bertz CT molecular complexity index is 1040. The molecular formula is C28H32N2O. The summed E-state index contributed by atoms with van der Waals surface area (Å²) in [4.78, 5) is 6.67. The molecule has 160 valence electrons. The molecule has 0 N–H and O–H groups in total. The van der Waals surface area contributed by atoms with Crippen molar-refractivity contribution in [1.29, 1.82) is 0 Å². The highest BCUT2D eigenvalue weighted by atomic mass is 16.4. The van der Waals surface area contributed by atoms with Gasteiger partial charge in [-0.3, -0.25) is 0 Å². The van der Waals surface area contributed by atoms with Crippen LogP contribution >= 0.6 is 0 Å². The highest BCUT2D eigenvalue weighted by Crippen LogP contribution is 2.21. The number of rotatable bonds is 10. The van der Waals surface area contributed by atoms with Gasteiger partial charge in [-0.1, -0.05) is 73.7 Å². The van der Waals surface area contributed by atoms with Gasteiger partial charge in [0.15, 0.2) is 5.58 Å². The molecule has 0 amide bonds. The Morgan fingerprint density at radius 3 is 2.26 bits per heavy atom. The molecule has 0 radical (unpaired) electrons. The summed E-state index contributed by atoms with van der Waals surface area (Å²) in [6, 6.07) is 28.6. The minimum absolute atomic E-state index is 0.691. The van der Waals surface area contributed by atoms with Gasteiger partial charge in [-0.2, -0.15) is 4.98 Å². The van der Waals surface area contributed by atoms with Crippen molar-refractivity contribution in [3.8, 4) is 0 Å². The van der Waals surface area contributed by atoms with Crippen LogP contribution in [0.15, 0.2) is 83.3 Å². The number of anilines is 1. The third-order valence-electron chi connectivity index (χ3n) is 5.94. The second kappa shape index (κ2) is 10.3. The molecule has 1 unspecified atom stereocenters. The van der Waals surface area contributed by atoms with Crippen LogP contribution < -0.4 is 4.90 Å². The van der Waals surface area contributed by atoms with Crippen molar-refractivity contribution < 1.29 is 4.42 Å². The first-order chi connectivity index (χ1) is 15.2. The predicted octanol–water partition coefficient (Wildman–Crippen LogP) is 6.71. The first-order valence-corrected chi connectivity index (χ1v) is 11.4. The molecule has 0 aliphatic heterocycles. The zero-order chi connectivity index (χ0) is 21.5. The lowest BCUT2D eigenvalue weighted by Gasteiger charge is -2.14. The van der Waals surface area contributed by atoms with Crippen LogP contribution in [0.5, 0.6) is 0 Å². The van der Waals surface area contributed by atoms with E-state index in [0.29, 0.717) is 11.9 Å². The Balaban J connectivity index is 1.21. The summed E-state index contributed by atoms with van der Waals surface area (Å²) in [5, 5.41) is 0. The van der Waals surface area contributed by atoms with Crippen LogP contribution in [0.1, 0.15) is 36.5 Å². The molecule has 1 heterocycles. The fourth-order valence-corrected chi connectivity index (χ4v) is 4.04. The molecule has 0 saturated carbocycles. The highest BCUT2D eigenvalue weighted by Gasteiger charge is 2.10. The third kappa shape index (κ3) is 5.97. The van der Waals surface area contributed by atoms with Crippen molar-refractivity contribution in [3.63, 3.8) is 0 Å². The van der Waals surface area contributed by atoms with E-state index in [1.54, 1.807) is 0 Å². The maximum absolute atomic E-state index is 5.85. The lowest BCUT2D eigenvalue weighted by Crippen LogP contribution is -2.19.